The van der Waals surface area contributed by atoms with Crippen LogP contribution in [0.4, 0.5) is 5.69 Å². The van der Waals surface area contributed by atoms with Crippen molar-refractivity contribution in [3.8, 4) is 0 Å². The van der Waals surface area contributed by atoms with Gasteiger partial charge in [-0.3, -0.25) is 9.59 Å². The fourth-order valence-electron chi connectivity index (χ4n) is 2.66. The molecule has 1 atom stereocenters. The van der Waals surface area contributed by atoms with Gasteiger partial charge in [-0.15, -0.1) is 0 Å². The molecule has 1 aliphatic rings. The summed E-state index contributed by atoms with van der Waals surface area (Å²) in [6.07, 6.45) is 6.20. The molecule has 2 rings (SSSR count). The van der Waals surface area contributed by atoms with Crippen LogP contribution in [0.15, 0.2) is 28.7 Å². The van der Waals surface area contributed by atoms with Gasteiger partial charge in [0, 0.05) is 4.47 Å². The molecule has 0 unspecified atom stereocenters. The second kappa shape index (κ2) is 8.44. The Morgan fingerprint density at radius 3 is 2.50 bits per heavy atom. The molecule has 1 heterocycles. The lowest BCUT2D eigenvalue weighted by atomic mass is 10.1. The van der Waals surface area contributed by atoms with Crippen molar-refractivity contribution in [2.75, 3.05) is 11.4 Å². The van der Waals surface area contributed by atoms with E-state index in [1.54, 1.807) is 12.1 Å². The van der Waals surface area contributed by atoms with Crippen molar-refractivity contribution >= 4 is 33.4 Å². The minimum Gasteiger partial charge on any atom is -0.305 e. The van der Waals surface area contributed by atoms with Crippen LogP contribution < -0.4 is 10.2 Å². The average molecular weight is 367 g/mol. The maximum atomic E-state index is 12.4. The van der Waals surface area contributed by atoms with E-state index < -0.39 is 0 Å². The second-order valence-corrected chi connectivity index (χ2v) is 6.58. The van der Waals surface area contributed by atoms with Gasteiger partial charge in [-0.05, 0) is 37.2 Å². The normalized spacial score (nSPS) is 18.3. The van der Waals surface area contributed by atoms with Gasteiger partial charge in [0.1, 0.15) is 0 Å². The van der Waals surface area contributed by atoms with Gasteiger partial charge in [-0.1, -0.05) is 48.5 Å². The van der Waals surface area contributed by atoms with Crippen molar-refractivity contribution < 1.29 is 9.59 Å². The Balaban J connectivity index is 1.85. The Bertz CT molecular complexity index is 516. The highest BCUT2D eigenvalue weighted by atomic mass is 79.9. The molecule has 1 N–H and O–H groups in total. The third-order valence-electron chi connectivity index (χ3n) is 3.90. The lowest BCUT2D eigenvalue weighted by Gasteiger charge is -2.15. The Labute approximate surface area is 140 Å². The molecule has 1 aromatic rings. The summed E-state index contributed by atoms with van der Waals surface area (Å²) >= 11 is 3.36. The van der Waals surface area contributed by atoms with E-state index in [9.17, 15) is 9.59 Å². The average Bonchev–Trinajstić information content (AvgIpc) is 2.78. The highest BCUT2D eigenvalue weighted by Crippen LogP contribution is 2.24. The molecule has 0 aromatic heterocycles. The van der Waals surface area contributed by atoms with E-state index in [0.717, 1.165) is 17.4 Å². The Kier molecular flexibility index (Phi) is 6.58. The molecule has 120 valence electrons. The molecule has 1 fully saturated rings. The molecule has 0 radical (unpaired) electrons. The predicted molar refractivity (Wildman–Crippen MR) is 91.8 cm³/mol. The van der Waals surface area contributed by atoms with E-state index in [2.05, 4.69) is 28.2 Å². The summed E-state index contributed by atoms with van der Waals surface area (Å²) in [5.41, 5.74) is 0.644. The minimum atomic E-state index is -0.373. The molecular formula is C17H23BrN2O2. The summed E-state index contributed by atoms with van der Waals surface area (Å²) < 4.78 is 0.928. The minimum absolute atomic E-state index is 0.129. The number of hydrogen-bond acceptors (Lipinski definition) is 3. The summed E-state index contributed by atoms with van der Waals surface area (Å²) in [6.45, 7) is 2.99. The largest absolute Gasteiger partial charge is 0.305 e. The smallest absolute Gasteiger partial charge is 0.251 e. The summed E-state index contributed by atoms with van der Waals surface area (Å²) in [7, 11) is 0. The lowest BCUT2D eigenvalue weighted by molar-refractivity contribution is -0.121. The topological polar surface area (TPSA) is 49.4 Å². The zero-order valence-electron chi connectivity index (χ0n) is 13.0. The first kappa shape index (κ1) is 17.2. The van der Waals surface area contributed by atoms with Crippen LogP contribution in [0.5, 0.6) is 0 Å². The lowest BCUT2D eigenvalue weighted by Crippen LogP contribution is -2.39. The van der Waals surface area contributed by atoms with Gasteiger partial charge in [0.05, 0.1) is 18.2 Å². The number of imide groups is 1. The fraction of sp³-hybridized carbons (Fsp3) is 0.529. The van der Waals surface area contributed by atoms with Crippen LogP contribution in [-0.4, -0.2) is 24.4 Å². The summed E-state index contributed by atoms with van der Waals surface area (Å²) in [4.78, 5) is 25.8. The first-order chi connectivity index (χ1) is 10.6. The van der Waals surface area contributed by atoms with Gasteiger partial charge >= 0.3 is 0 Å². The number of nitrogens with one attached hydrogen (secondary N) is 1. The summed E-state index contributed by atoms with van der Waals surface area (Å²) in [6, 6.07) is 6.87. The third-order valence-corrected chi connectivity index (χ3v) is 4.43. The molecule has 0 bridgehead atoms. The fourth-order valence-corrected chi connectivity index (χ4v) is 2.92. The van der Waals surface area contributed by atoms with Gasteiger partial charge in [0.15, 0.2) is 0 Å². The first-order valence-corrected chi connectivity index (χ1v) is 8.78. The van der Waals surface area contributed by atoms with Crippen LogP contribution >= 0.6 is 15.9 Å². The SMILES string of the molecule is CCCCCCCN[C@@H]1CC(=O)N(c2ccc(Br)cc2)C1=O. The van der Waals surface area contributed by atoms with Crippen LogP contribution in [0.2, 0.25) is 0 Å². The van der Waals surface area contributed by atoms with Gasteiger partial charge in [0.25, 0.3) is 5.91 Å². The number of nitrogens with zero attached hydrogens (tertiary/aromatic N) is 1. The van der Waals surface area contributed by atoms with E-state index in [1.165, 1.54) is 30.6 Å². The van der Waals surface area contributed by atoms with E-state index in [1.807, 2.05) is 12.1 Å². The van der Waals surface area contributed by atoms with Crippen molar-refractivity contribution in [3.63, 3.8) is 0 Å². The number of halogens is 1. The molecule has 4 nitrogen and oxygen atoms in total. The summed E-state index contributed by atoms with van der Waals surface area (Å²) in [5, 5.41) is 3.23. The van der Waals surface area contributed by atoms with Crippen LogP contribution in [-0.2, 0) is 9.59 Å². The quantitative estimate of drug-likeness (QED) is 0.564. The second-order valence-electron chi connectivity index (χ2n) is 5.67. The molecule has 0 saturated carbocycles. The molecule has 1 aromatic carbocycles. The van der Waals surface area contributed by atoms with E-state index in [4.69, 9.17) is 0 Å². The highest BCUT2D eigenvalue weighted by Gasteiger charge is 2.38. The Morgan fingerprint density at radius 2 is 1.82 bits per heavy atom. The van der Waals surface area contributed by atoms with E-state index in [-0.39, 0.29) is 24.3 Å². The first-order valence-electron chi connectivity index (χ1n) is 7.99. The van der Waals surface area contributed by atoms with Crippen molar-refractivity contribution in [3.05, 3.63) is 28.7 Å². The molecule has 22 heavy (non-hydrogen) atoms. The standard InChI is InChI=1S/C17H23BrN2O2/c1-2-3-4-5-6-11-19-15-12-16(21)20(17(15)22)14-9-7-13(18)8-10-14/h7-10,15,19H,2-6,11-12H2,1H3/t15-/m1/s1. The molecule has 0 spiro atoms. The van der Waals surface area contributed by atoms with Gasteiger partial charge < -0.3 is 5.32 Å². The number of amides is 2. The van der Waals surface area contributed by atoms with Crippen molar-refractivity contribution in [2.45, 2.75) is 51.5 Å². The summed E-state index contributed by atoms with van der Waals surface area (Å²) in [5.74, 6) is -0.267. The van der Waals surface area contributed by atoms with Crippen molar-refractivity contribution in [1.29, 1.82) is 0 Å². The van der Waals surface area contributed by atoms with Gasteiger partial charge in [-0.25, -0.2) is 4.90 Å². The molecule has 1 saturated heterocycles. The Morgan fingerprint density at radius 1 is 1.14 bits per heavy atom. The number of unbranched alkanes of at least 4 members (excludes halogenated alkanes) is 4. The monoisotopic (exact) mass is 366 g/mol. The van der Waals surface area contributed by atoms with Gasteiger partial charge in [0.2, 0.25) is 5.91 Å². The van der Waals surface area contributed by atoms with Crippen molar-refractivity contribution in [2.24, 2.45) is 0 Å². The highest BCUT2D eigenvalue weighted by molar-refractivity contribution is 9.10. The Hall–Kier alpha value is -1.20. The van der Waals surface area contributed by atoms with E-state index in [0.29, 0.717) is 5.69 Å². The third kappa shape index (κ3) is 4.40. The predicted octanol–water partition coefficient (Wildman–Crippen LogP) is 3.64. The van der Waals surface area contributed by atoms with Crippen LogP contribution in [0.25, 0.3) is 0 Å². The number of carbonyl (C=O) groups is 2. The van der Waals surface area contributed by atoms with E-state index >= 15 is 0 Å². The molecule has 2 amide bonds. The van der Waals surface area contributed by atoms with Crippen LogP contribution in [0, 0.1) is 0 Å². The van der Waals surface area contributed by atoms with Crippen LogP contribution in [0.1, 0.15) is 45.4 Å². The maximum absolute atomic E-state index is 12.4. The number of rotatable bonds is 8. The molecule has 0 aliphatic carbocycles. The molecule has 5 heteroatoms. The van der Waals surface area contributed by atoms with Crippen molar-refractivity contribution in [1.82, 2.24) is 5.32 Å². The van der Waals surface area contributed by atoms with Crippen LogP contribution in [0.3, 0.4) is 0 Å². The number of hydrogen-bond donors (Lipinski definition) is 1. The van der Waals surface area contributed by atoms with Gasteiger partial charge in [-0.2, -0.15) is 0 Å². The molecule has 1 aliphatic heterocycles. The number of anilines is 1. The number of carbonyl (C=O) groups excluding carboxylic acids is 2. The number of benzene rings is 1. The molecular weight excluding hydrogens is 344 g/mol. The zero-order valence-corrected chi connectivity index (χ0v) is 14.6. The maximum Gasteiger partial charge on any atom is 0.251 e. The zero-order chi connectivity index (χ0) is 15.9.